The summed E-state index contributed by atoms with van der Waals surface area (Å²) in [5.74, 6) is -0.285. The molecular formula is C20H23N3O4. The lowest BCUT2D eigenvalue weighted by atomic mass is 9.74. The van der Waals surface area contributed by atoms with E-state index in [1.54, 1.807) is 11.1 Å². The number of H-pyrrole nitrogens is 1. The molecule has 0 aliphatic carbocycles. The lowest BCUT2D eigenvalue weighted by Crippen LogP contribution is -2.42. The van der Waals surface area contributed by atoms with Crippen molar-refractivity contribution in [3.05, 3.63) is 47.8 Å². The summed E-state index contributed by atoms with van der Waals surface area (Å²) >= 11 is 0. The van der Waals surface area contributed by atoms with Gasteiger partial charge in [-0.1, -0.05) is 18.2 Å². The van der Waals surface area contributed by atoms with Crippen molar-refractivity contribution >= 4 is 11.9 Å². The third-order valence-electron chi connectivity index (χ3n) is 5.80. The molecule has 7 nitrogen and oxygen atoms in total. The van der Waals surface area contributed by atoms with Gasteiger partial charge in [0, 0.05) is 31.6 Å². The summed E-state index contributed by atoms with van der Waals surface area (Å²) in [5.41, 5.74) is 0.991. The highest BCUT2D eigenvalue weighted by molar-refractivity contribution is 5.81. The molecule has 0 unspecified atom stereocenters. The summed E-state index contributed by atoms with van der Waals surface area (Å²) in [4.78, 5) is 26.7. The Hall–Kier alpha value is -2.83. The summed E-state index contributed by atoms with van der Waals surface area (Å²) in [6, 6.07) is 7.58. The number of hydrogen-bond donors (Lipinski definition) is 2. The fourth-order valence-electron chi connectivity index (χ4n) is 4.23. The maximum atomic E-state index is 12.7. The number of ether oxygens (including phenoxy) is 1. The number of benzene rings is 1. The van der Waals surface area contributed by atoms with Crippen LogP contribution in [0, 0.1) is 11.3 Å². The molecule has 27 heavy (non-hydrogen) atoms. The highest BCUT2D eigenvalue weighted by Gasteiger charge is 2.55. The van der Waals surface area contributed by atoms with Gasteiger partial charge in [-0.25, -0.2) is 0 Å². The van der Waals surface area contributed by atoms with Crippen LogP contribution in [0.5, 0.6) is 5.75 Å². The summed E-state index contributed by atoms with van der Waals surface area (Å²) in [6.07, 6.45) is 5.88. The summed E-state index contributed by atoms with van der Waals surface area (Å²) in [7, 11) is 0. The van der Waals surface area contributed by atoms with Gasteiger partial charge in [-0.2, -0.15) is 5.10 Å². The van der Waals surface area contributed by atoms with Crippen LogP contribution in [-0.4, -0.2) is 51.8 Å². The van der Waals surface area contributed by atoms with Crippen LogP contribution < -0.4 is 4.74 Å². The molecule has 3 heterocycles. The van der Waals surface area contributed by atoms with Gasteiger partial charge in [0.1, 0.15) is 5.75 Å². The van der Waals surface area contributed by atoms with Crippen molar-refractivity contribution in [2.45, 2.75) is 25.7 Å². The molecule has 7 heteroatoms. The van der Waals surface area contributed by atoms with Crippen LogP contribution in [0.25, 0.3) is 0 Å². The molecule has 0 radical (unpaired) electrons. The molecule has 2 aromatic rings. The van der Waals surface area contributed by atoms with Gasteiger partial charge in [0.2, 0.25) is 5.91 Å². The Morgan fingerprint density at radius 3 is 3.00 bits per heavy atom. The van der Waals surface area contributed by atoms with Gasteiger partial charge in [0.15, 0.2) is 0 Å². The number of carbonyl (C=O) groups is 2. The van der Waals surface area contributed by atoms with Crippen LogP contribution >= 0.6 is 0 Å². The molecule has 142 valence electrons. The van der Waals surface area contributed by atoms with E-state index >= 15 is 0 Å². The second-order valence-electron chi connectivity index (χ2n) is 7.49. The van der Waals surface area contributed by atoms with Crippen LogP contribution in [0.3, 0.4) is 0 Å². The highest BCUT2D eigenvalue weighted by Crippen LogP contribution is 2.44. The number of amides is 1. The Balaban J connectivity index is 1.46. The van der Waals surface area contributed by atoms with Gasteiger partial charge in [-0.05, 0) is 36.5 Å². The lowest BCUT2D eigenvalue weighted by molar-refractivity contribution is -0.151. The van der Waals surface area contributed by atoms with Crippen molar-refractivity contribution < 1.29 is 19.4 Å². The van der Waals surface area contributed by atoms with Crippen molar-refractivity contribution in [2.24, 2.45) is 11.3 Å². The molecule has 0 bridgehead atoms. The molecular weight excluding hydrogens is 346 g/mol. The smallest absolute Gasteiger partial charge is 0.312 e. The minimum absolute atomic E-state index is 0.0143. The second-order valence-corrected chi connectivity index (χ2v) is 7.49. The molecule has 1 aromatic heterocycles. The number of carboxylic acid groups (broad SMARTS) is 1. The predicted octanol–water partition coefficient (Wildman–Crippen LogP) is 1.90. The number of rotatable bonds is 5. The van der Waals surface area contributed by atoms with Gasteiger partial charge in [0.25, 0.3) is 0 Å². The number of para-hydroxylation sites is 1. The topological polar surface area (TPSA) is 95.5 Å². The predicted molar refractivity (Wildman–Crippen MR) is 97.3 cm³/mol. The Morgan fingerprint density at radius 2 is 2.22 bits per heavy atom. The number of carboxylic acids is 1. The monoisotopic (exact) mass is 369 g/mol. The van der Waals surface area contributed by atoms with E-state index in [0.717, 1.165) is 29.7 Å². The number of nitrogens with zero attached hydrogens (tertiary/aromatic N) is 2. The summed E-state index contributed by atoms with van der Waals surface area (Å²) in [6.45, 7) is 1.00. The molecule has 2 N–H and O–H groups in total. The molecule has 1 amide bonds. The lowest BCUT2D eigenvalue weighted by Gasteiger charge is -2.27. The summed E-state index contributed by atoms with van der Waals surface area (Å²) < 4.78 is 5.88. The van der Waals surface area contributed by atoms with Crippen molar-refractivity contribution in [3.63, 3.8) is 0 Å². The zero-order valence-electron chi connectivity index (χ0n) is 15.1. The molecule has 0 saturated carbocycles. The maximum Gasteiger partial charge on any atom is 0.312 e. The molecule has 4 rings (SSSR count). The van der Waals surface area contributed by atoms with Gasteiger partial charge < -0.3 is 14.7 Å². The first-order valence-corrected chi connectivity index (χ1v) is 9.28. The normalized spacial score (nSPS) is 23.9. The Morgan fingerprint density at radius 1 is 1.37 bits per heavy atom. The molecule has 1 fully saturated rings. The van der Waals surface area contributed by atoms with Crippen molar-refractivity contribution in [3.8, 4) is 5.75 Å². The van der Waals surface area contributed by atoms with E-state index in [2.05, 4.69) is 10.2 Å². The molecule has 0 spiro atoms. The van der Waals surface area contributed by atoms with Gasteiger partial charge in [-0.15, -0.1) is 0 Å². The third-order valence-corrected chi connectivity index (χ3v) is 5.80. The first-order chi connectivity index (χ1) is 13.1. The van der Waals surface area contributed by atoms with Crippen LogP contribution in [-0.2, 0) is 22.4 Å². The number of aryl methyl sites for hydroxylation is 1. The number of likely N-dealkylation sites (tertiary alicyclic amines) is 1. The SMILES string of the molecule is O=C(CCCc1cn[nH]c1)N1C[C@H]2COc3ccccc3C[C@@]2(C(=O)O)C1. The number of aliphatic carboxylic acids is 1. The largest absolute Gasteiger partial charge is 0.493 e. The first-order valence-electron chi connectivity index (χ1n) is 9.28. The third kappa shape index (κ3) is 3.29. The maximum absolute atomic E-state index is 12.7. The van der Waals surface area contributed by atoms with Crippen LogP contribution in [0.4, 0.5) is 0 Å². The van der Waals surface area contributed by atoms with E-state index in [0.29, 0.717) is 26.0 Å². The van der Waals surface area contributed by atoms with Gasteiger partial charge in [0.05, 0.1) is 18.2 Å². The second kappa shape index (κ2) is 7.06. The Kier molecular flexibility index (Phi) is 4.59. The van der Waals surface area contributed by atoms with E-state index in [9.17, 15) is 14.7 Å². The quantitative estimate of drug-likeness (QED) is 0.839. The first kappa shape index (κ1) is 17.6. The number of aromatic nitrogens is 2. The molecule has 2 aliphatic heterocycles. The highest BCUT2D eigenvalue weighted by atomic mass is 16.5. The van der Waals surface area contributed by atoms with E-state index < -0.39 is 11.4 Å². The van der Waals surface area contributed by atoms with Crippen molar-refractivity contribution in [2.75, 3.05) is 19.7 Å². The van der Waals surface area contributed by atoms with E-state index in [4.69, 9.17) is 4.74 Å². The summed E-state index contributed by atoms with van der Waals surface area (Å²) in [5, 5.41) is 16.7. The number of nitrogens with one attached hydrogen (secondary N) is 1. The van der Waals surface area contributed by atoms with Crippen molar-refractivity contribution in [1.82, 2.24) is 15.1 Å². The molecule has 2 atom stereocenters. The van der Waals surface area contributed by atoms with Gasteiger partial charge in [-0.3, -0.25) is 14.7 Å². The van der Waals surface area contributed by atoms with Crippen LogP contribution in [0.2, 0.25) is 0 Å². The van der Waals surface area contributed by atoms with E-state index in [1.807, 2.05) is 30.5 Å². The fraction of sp³-hybridized carbons (Fsp3) is 0.450. The number of hydrogen-bond acceptors (Lipinski definition) is 4. The number of fused-ring (bicyclic) bond motifs is 2. The molecule has 1 saturated heterocycles. The van der Waals surface area contributed by atoms with Crippen molar-refractivity contribution in [1.29, 1.82) is 0 Å². The average molecular weight is 369 g/mol. The Bertz CT molecular complexity index is 836. The average Bonchev–Trinajstić information content (AvgIpc) is 3.27. The standard InChI is InChI=1S/C20H23N3O4/c24-18(7-3-4-14-9-21-22-10-14)23-11-16-12-27-17-6-2-1-5-15(17)8-20(16,13-23)19(25)26/h1-2,5-6,9-10,16H,3-4,7-8,11-13H2,(H,21,22)(H,25,26)/t16-,20+/m0/s1. The zero-order chi connectivity index (χ0) is 18.9. The fourth-order valence-corrected chi connectivity index (χ4v) is 4.23. The molecule has 1 aromatic carbocycles. The minimum atomic E-state index is -0.979. The van der Waals surface area contributed by atoms with E-state index in [1.165, 1.54) is 0 Å². The minimum Gasteiger partial charge on any atom is -0.493 e. The zero-order valence-corrected chi connectivity index (χ0v) is 15.1. The Labute approximate surface area is 157 Å². The molecule has 2 aliphatic rings. The number of carbonyl (C=O) groups excluding carboxylic acids is 1. The van der Waals surface area contributed by atoms with Gasteiger partial charge >= 0.3 is 5.97 Å². The number of aromatic amines is 1. The van der Waals surface area contributed by atoms with Crippen LogP contribution in [0.1, 0.15) is 24.0 Å². The van der Waals surface area contributed by atoms with E-state index in [-0.39, 0.29) is 18.4 Å². The van der Waals surface area contributed by atoms with Crippen LogP contribution in [0.15, 0.2) is 36.7 Å².